The molecule has 0 spiro atoms. The van der Waals surface area contributed by atoms with Gasteiger partial charge in [-0.05, 0) is 44.2 Å². The SMILES string of the molecule is CCCOc1ccc(C=O)c(OC2CCCCC2)c1. The number of aldehydes is 1. The molecule has 0 heterocycles. The molecule has 1 aliphatic carbocycles. The molecule has 1 aromatic carbocycles. The number of carbonyl (C=O) groups is 1. The zero-order valence-corrected chi connectivity index (χ0v) is 11.6. The Kier molecular flexibility index (Phi) is 5.25. The summed E-state index contributed by atoms with van der Waals surface area (Å²) in [6, 6.07) is 5.44. The summed E-state index contributed by atoms with van der Waals surface area (Å²) in [5, 5.41) is 0. The summed E-state index contributed by atoms with van der Waals surface area (Å²) in [4.78, 5) is 11.1. The quantitative estimate of drug-likeness (QED) is 0.727. The van der Waals surface area contributed by atoms with Crippen LogP contribution in [0.1, 0.15) is 55.8 Å². The third kappa shape index (κ3) is 3.98. The molecule has 0 amide bonds. The van der Waals surface area contributed by atoms with Gasteiger partial charge in [-0.15, -0.1) is 0 Å². The van der Waals surface area contributed by atoms with Crippen LogP contribution in [0.15, 0.2) is 18.2 Å². The topological polar surface area (TPSA) is 35.5 Å². The van der Waals surface area contributed by atoms with Crippen LogP contribution in [0.25, 0.3) is 0 Å². The van der Waals surface area contributed by atoms with Crippen LogP contribution in [0, 0.1) is 0 Å². The maximum Gasteiger partial charge on any atom is 0.153 e. The van der Waals surface area contributed by atoms with E-state index >= 15 is 0 Å². The van der Waals surface area contributed by atoms with Crippen LogP contribution in [-0.4, -0.2) is 19.0 Å². The Morgan fingerprint density at radius 1 is 1.26 bits per heavy atom. The molecule has 0 aromatic heterocycles. The van der Waals surface area contributed by atoms with Gasteiger partial charge in [0.05, 0.1) is 18.3 Å². The van der Waals surface area contributed by atoms with Crippen LogP contribution in [0.3, 0.4) is 0 Å². The van der Waals surface area contributed by atoms with E-state index in [4.69, 9.17) is 9.47 Å². The third-order valence-electron chi connectivity index (χ3n) is 3.43. The molecule has 0 atom stereocenters. The molecule has 0 bridgehead atoms. The Morgan fingerprint density at radius 2 is 2.05 bits per heavy atom. The third-order valence-corrected chi connectivity index (χ3v) is 3.43. The van der Waals surface area contributed by atoms with Crippen molar-refractivity contribution in [3.8, 4) is 11.5 Å². The molecule has 0 unspecified atom stereocenters. The van der Waals surface area contributed by atoms with Crippen molar-refractivity contribution in [2.45, 2.75) is 51.6 Å². The van der Waals surface area contributed by atoms with E-state index in [2.05, 4.69) is 6.92 Å². The van der Waals surface area contributed by atoms with Crippen LogP contribution < -0.4 is 9.47 Å². The standard InChI is InChI=1S/C16H22O3/c1-2-10-18-15-9-8-13(12-17)16(11-15)19-14-6-4-3-5-7-14/h8-9,11-12,14H,2-7,10H2,1H3. The second kappa shape index (κ2) is 7.17. The minimum Gasteiger partial charge on any atom is -0.493 e. The maximum atomic E-state index is 11.1. The minimum atomic E-state index is 0.244. The van der Waals surface area contributed by atoms with E-state index < -0.39 is 0 Å². The highest BCUT2D eigenvalue weighted by molar-refractivity contribution is 5.79. The van der Waals surface area contributed by atoms with Gasteiger partial charge >= 0.3 is 0 Å². The summed E-state index contributed by atoms with van der Waals surface area (Å²) >= 11 is 0. The zero-order valence-electron chi connectivity index (χ0n) is 11.6. The Bertz CT molecular complexity index is 408. The van der Waals surface area contributed by atoms with E-state index in [0.29, 0.717) is 17.9 Å². The highest BCUT2D eigenvalue weighted by Gasteiger charge is 2.16. The molecule has 104 valence electrons. The fourth-order valence-electron chi connectivity index (χ4n) is 2.39. The Balaban J connectivity index is 2.08. The molecular weight excluding hydrogens is 240 g/mol. The number of hydrogen-bond donors (Lipinski definition) is 0. The Morgan fingerprint density at radius 3 is 2.74 bits per heavy atom. The Hall–Kier alpha value is -1.51. The second-order valence-electron chi connectivity index (χ2n) is 5.04. The van der Waals surface area contributed by atoms with Crippen molar-refractivity contribution in [1.29, 1.82) is 0 Å². The number of hydrogen-bond acceptors (Lipinski definition) is 3. The van der Waals surface area contributed by atoms with Crippen molar-refractivity contribution in [1.82, 2.24) is 0 Å². The van der Waals surface area contributed by atoms with E-state index in [1.807, 2.05) is 12.1 Å². The number of ether oxygens (including phenoxy) is 2. The molecule has 2 rings (SSSR count). The lowest BCUT2D eigenvalue weighted by atomic mass is 9.98. The molecule has 1 aliphatic rings. The van der Waals surface area contributed by atoms with Crippen LogP contribution in [0.4, 0.5) is 0 Å². The van der Waals surface area contributed by atoms with Gasteiger partial charge in [-0.1, -0.05) is 13.3 Å². The van der Waals surface area contributed by atoms with Crippen molar-refractivity contribution < 1.29 is 14.3 Å². The lowest BCUT2D eigenvalue weighted by molar-refractivity contribution is 0.111. The van der Waals surface area contributed by atoms with E-state index in [1.165, 1.54) is 19.3 Å². The van der Waals surface area contributed by atoms with Gasteiger partial charge in [0.25, 0.3) is 0 Å². The van der Waals surface area contributed by atoms with Gasteiger partial charge in [0.2, 0.25) is 0 Å². The van der Waals surface area contributed by atoms with Gasteiger partial charge in [-0.25, -0.2) is 0 Å². The monoisotopic (exact) mass is 262 g/mol. The molecule has 3 heteroatoms. The van der Waals surface area contributed by atoms with Crippen molar-refractivity contribution in [2.24, 2.45) is 0 Å². The molecule has 3 nitrogen and oxygen atoms in total. The van der Waals surface area contributed by atoms with Crippen molar-refractivity contribution in [3.63, 3.8) is 0 Å². The van der Waals surface area contributed by atoms with Gasteiger partial charge < -0.3 is 9.47 Å². The summed E-state index contributed by atoms with van der Waals surface area (Å²) in [6.07, 6.45) is 7.95. The zero-order chi connectivity index (χ0) is 13.5. The molecule has 0 aliphatic heterocycles. The van der Waals surface area contributed by atoms with Crippen LogP contribution >= 0.6 is 0 Å². The predicted octanol–water partition coefficient (Wildman–Crippen LogP) is 4.00. The van der Waals surface area contributed by atoms with E-state index in [1.54, 1.807) is 6.07 Å². The molecule has 1 saturated carbocycles. The molecular formula is C16H22O3. The summed E-state index contributed by atoms with van der Waals surface area (Å²) in [6.45, 7) is 2.75. The van der Waals surface area contributed by atoms with Crippen molar-refractivity contribution in [2.75, 3.05) is 6.61 Å². The predicted molar refractivity (Wildman–Crippen MR) is 75.1 cm³/mol. The highest BCUT2D eigenvalue weighted by Crippen LogP contribution is 2.28. The summed E-state index contributed by atoms with van der Waals surface area (Å²) < 4.78 is 11.6. The van der Waals surface area contributed by atoms with Gasteiger partial charge in [-0.2, -0.15) is 0 Å². The number of carbonyl (C=O) groups excluding carboxylic acids is 1. The smallest absolute Gasteiger partial charge is 0.153 e. The van der Waals surface area contributed by atoms with Crippen molar-refractivity contribution >= 4 is 6.29 Å². The first-order valence-corrected chi connectivity index (χ1v) is 7.22. The molecule has 19 heavy (non-hydrogen) atoms. The highest BCUT2D eigenvalue weighted by atomic mass is 16.5. The number of benzene rings is 1. The molecule has 1 fully saturated rings. The average Bonchev–Trinajstić information content (AvgIpc) is 2.46. The first-order valence-electron chi connectivity index (χ1n) is 7.22. The Labute approximate surface area is 114 Å². The van der Waals surface area contributed by atoms with Crippen LogP contribution in [-0.2, 0) is 0 Å². The average molecular weight is 262 g/mol. The fraction of sp³-hybridized carbons (Fsp3) is 0.562. The van der Waals surface area contributed by atoms with Gasteiger partial charge in [0.1, 0.15) is 11.5 Å². The minimum absolute atomic E-state index is 0.244. The maximum absolute atomic E-state index is 11.1. The first kappa shape index (κ1) is 13.9. The molecule has 0 saturated heterocycles. The van der Waals surface area contributed by atoms with E-state index in [9.17, 15) is 4.79 Å². The molecule has 0 N–H and O–H groups in total. The summed E-state index contributed by atoms with van der Waals surface area (Å²) in [5.41, 5.74) is 0.606. The summed E-state index contributed by atoms with van der Waals surface area (Å²) in [5.74, 6) is 1.44. The molecule has 1 aromatic rings. The normalized spacial score (nSPS) is 16.1. The van der Waals surface area contributed by atoms with Gasteiger partial charge in [-0.3, -0.25) is 4.79 Å². The fourth-order valence-corrected chi connectivity index (χ4v) is 2.39. The van der Waals surface area contributed by atoms with Crippen LogP contribution in [0.2, 0.25) is 0 Å². The summed E-state index contributed by atoms with van der Waals surface area (Å²) in [7, 11) is 0. The first-order chi connectivity index (χ1) is 9.33. The van der Waals surface area contributed by atoms with Gasteiger partial charge in [0, 0.05) is 6.07 Å². The second-order valence-corrected chi connectivity index (χ2v) is 5.04. The lowest BCUT2D eigenvalue weighted by Crippen LogP contribution is -2.20. The van der Waals surface area contributed by atoms with E-state index in [0.717, 1.165) is 31.3 Å². The molecule has 0 radical (unpaired) electrons. The largest absolute Gasteiger partial charge is 0.493 e. The van der Waals surface area contributed by atoms with Crippen molar-refractivity contribution in [3.05, 3.63) is 23.8 Å². The van der Waals surface area contributed by atoms with E-state index in [-0.39, 0.29) is 6.10 Å². The number of rotatable bonds is 6. The van der Waals surface area contributed by atoms with Crippen LogP contribution in [0.5, 0.6) is 11.5 Å². The lowest BCUT2D eigenvalue weighted by Gasteiger charge is -2.24. The van der Waals surface area contributed by atoms with Gasteiger partial charge in [0.15, 0.2) is 6.29 Å².